The quantitative estimate of drug-likeness (QED) is 0.547. The Hall–Kier alpha value is -0.575. The van der Waals surface area contributed by atoms with Gasteiger partial charge in [0.15, 0.2) is 0 Å². The summed E-state index contributed by atoms with van der Waals surface area (Å²) in [5.74, 6) is 0. The molecule has 2 rings (SSSR count). The molecule has 1 heterocycles. The van der Waals surface area contributed by atoms with Crippen molar-refractivity contribution in [2.45, 2.75) is 58.1 Å². The molecule has 0 spiro atoms. The summed E-state index contributed by atoms with van der Waals surface area (Å²) in [6.07, 6.45) is 7.26. The Morgan fingerprint density at radius 3 is 2.29 bits per heavy atom. The predicted molar refractivity (Wildman–Crippen MR) is 92.5 cm³/mol. The van der Waals surface area contributed by atoms with Crippen molar-refractivity contribution in [3.63, 3.8) is 0 Å². The van der Waals surface area contributed by atoms with Gasteiger partial charge >= 0.3 is 7.12 Å². The fourth-order valence-corrected chi connectivity index (χ4v) is 2.81. The fourth-order valence-electron chi connectivity index (χ4n) is 2.33. The van der Waals surface area contributed by atoms with Crippen molar-refractivity contribution >= 4 is 23.0 Å². The lowest BCUT2D eigenvalue weighted by Gasteiger charge is -2.32. The number of hydrogen-bond donors (Lipinski definition) is 0. The third kappa shape index (κ3) is 4.21. The van der Waals surface area contributed by atoms with Crippen molar-refractivity contribution in [3.8, 4) is 0 Å². The zero-order valence-electron chi connectivity index (χ0n) is 13.4. The van der Waals surface area contributed by atoms with Crippen LogP contribution in [0.2, 0.25) is 6.32 Å². The van der Waals surface area contributed by atoms with Crippen LogP contribution in [0.1, 0.15) is 39.7 Å². The molecule has 0 radical (unpaired) electrons. The molecule has 4 heteroatoms. The predicted octanol–water partition coefficient (Wildman–Crippen LogP) is 5.03. The summed E-state index contributed by atoms with van der Waals surface area (Å²) in [6, 6.07) is 8.37. The monoisotopic (exact) mass is 350 g/mol. The summed E-state index contributed by atoms with van der Waals surface area (Å²) in [5.41, 5.74) is 0.874. The third-order valence-electron chi connectivity index (χ3n) is 4.34. The van der Waals surface area contributed by atoms with E-state index in [1.54, 1.807) is 0 Å². The van der Waals surface area contributed by atoms with E-state index in [2.05, 4.69) is 74.0 Å². The van der Waals surface area contributed by atoms with Gasteiger partial charge in [-0.2, -0.15) is 0 Å². The molecular formula is C17H24BBrO2. The minimum absolute atomic E-state index is 0.130. The van der Waals surface area contributed by atoms with Gasteiger partial charge in [0.2, 0.25) is 0 Å². The summed E-state index contributed by atoms with van der Waals surface area (Å²) in [4.78, 5) is 0. The van der Waals surface area contributed by atoms with Gasteiger partial charge in [-0.25, -0.2) is 0 Å². The van der Waals surface area contributed by atoms with E-state index in [0.29, 0.717) is 0 Å². The minimum Gasteiger partial charge on any atom is -0.403 e. The standard InChI is InChI=1S/C17H24BBrO2/c1-16(2)17(3,4)21-18(20-16)13-9-5-6-10-14-11-7-8-12-15(14)19/h5,7-9,11-12H,6,10,13H2,1-4H3/b9-5+. The highest BCUT2D eigenvalue weighted by Gasteiger charge is 2.50. The molecule has 1 aliphatic rings. The van der Waals surface area contributed by atoms with Crippen LogP contribution in [0.3, 0.4) is 0 Å². The van der Waals surface area contributed by atoms with E-state index < -0.39 is 0 Å². The summed E-state index contributed by atoms with van der Waals surface area (Å²) >= 11 is 3.58. The van der Waals surface area contributed by atoms with E-state index in [-0.39, 0.29) is 18.3 Å². The molecule has 1 aromatic carbocycles. The van der Waals surface area contributed by atoms with Crippen molar-refractivity contribution in [1.29, 1.82) is 0 Å². The smallest absolute Gasteiger partial charge is 0.403 e. The first-order chi connectivity index (χ1) is 9.82. The van der Waals surface area contributed by atoms with Gasteiger partial charge in [0.25, 0.3) is 0 Å². The Morgan fingerprint density at radius 2 is 1.67 bits per heavy atom. The van der Waals surface area contributed by atoms with Crippen molar-refractivity contribution in [2.75, 3.05) is 0 Å². The second-order valence-corrected chi connectivity index (χ2v) is 7.38. The van der Waals surface area contributed by atoms with Crippen LogP contribution in [-0.2, 0) is 15.7 Å². The highest BCUT2D eigenvalue weighted by molar-refractivity contribution is 9.10. The number of rotatable bonds is 5. The molecule has 114 valence electrons. The van der Waals surface area contributed by atoms with Crippen molar-refractivity contribution in [2.24, 2.45) is 0 Å². The highest BCUT2D eigenvalue weighted by atomic mass is 79.9. The molecule has 2 nitrogen and oxygen atoms in total. The Bertz CT molecular complexity index is 495. The molecule has 0 unspecified atom stereocenters. The molecule has 0 aliphatic carbocycles. The molecule has 0 N–H and O–H groups in total. The van der Waals surface area contributed by atoms with Crippen LogP contribution in [0.4, 0.5) is 0 Å². The first kappa shape index (κ1) is 16.8. The number of hydrogen-bond acceptors (Lipinski definition) is 2. The highest BCUT2D eigenvalue weighted by Crippen LogP contribution is 2.37. The van der Waals surface area contributed by atoms with Gasteiger partial charge in [-0.1, -0.05) is 46.3 Å². The van der Waals surface area contributed by atoms with Crippen LogP contribution in [0.25, 0.3) is 0 Å². The van der Waals surface area contributed by atoms with Gasteiger partial charge in [-0.15, -0.1) is 0 Å². The largest absolute Gasteiger partial charge is 0.461 e. The third-order valence-corrected chi connectivity index (χ3v) is 5.11. The molecule has 1 saturated heterocycles. The number of allylic oxidation sites excluding steroid dienone is 2. The second kappa shape index (κ2) is 6.68. The molecule has 0 saturated carbocycles. The molecule has 1 fully saturated rings. The summed E-state index contributed by atoms with van der Waals surface area (Å²) in [6.45, 7) is 8.35. The SMILES string of the molecule is CC1(C)OB(C/C=C/CCc2ccccc2Br)OC1(C)C. The minimum atomic E-state index is -0.236. The average Bonchev–Trinajstić information content (AvgIpc) is 2.59. The number of aryl methyl sites for hydroxylation is 1. The Labute approximate surface area is 137 Å². The first-order valence-corrected chi connectivity index (χ1v) is 8.35. The van der Waals surface area contributed by atoms with Gasteiger partial charge in [-0.05, 0) is 52.2 Å². The van der Waals surface area contributed by atoms with Gasteiger partial charge in [0, 0.05) is 10.8 Å². The molecular weight excluding hydrogens is 327 g/mol. The molecule has 0 aromatic heterocycles. The van der Waals surface area contributed by atoms with Crippen LogP contribution < -0.4 is 0 Å². The fraction of sp³-hybridized carbons (Fsp3) is 0.529. The lowest BCUT2D eigenvalue weighted by atomic mass is 9.85. The first-order valence-electron chi connectivity index (χ1n) is 7.56. The summed E-state index contributed by atoms with van der Waals surface area (Å²) in [7, 11) is -0.130. The van der Waals surface area contributed by atoms with Gasteiger partial charge < -0.3 is 9.31 Å². The average molecular weight is 351 g/mol. The van der Waals surface area contributed by atoms with Crippen LogP contribution in [-0.4, -0.2) is 18.3 Å². The molecule has 0 amide bonds. The van der Waals surface area contributed by atoms with Crippen molar-refractivity contribution in [3.05, 3.63) is 46.5 Å². The lowest BCUT2D eigenvalue weighted by molar-refractivity contribution is 0.00578. The molecule has 21 heavy (non-hydrogen) atoms. The maximum absolute atomic E-state index is 5.97. The van der Waals surface area contributed by atoms with E-state index in [0.717, 1.165) is 19.2 Å². The zero-order chi connectivity index (χ0) is 15.5. The summed E-state index contributed by atoms with van der Waals surface area (Å²) < 4.78 is 13.1. The molecule has 1 aromatic rings. The maximum atomic E-state index is 5.97. The summed E-state index contributed by atoms with van der Waals surface area (Å²) in [5, 5.41) is 0. The zero-order valence-corrected chi connectivity index (χ0v) is 14.9. The van der Waals surface area contributed by atoms with Crippen LogP contribution in [0.5, 0.6) is 0 Å². The van der Waals surface area contributed by atoms with E-state index in [9.17, 15) is 0 Å². The Morgan fingerprint density at radius 1 is 1.05 bits per heavy atom. The Kier molecular flexibility index (Phi) is 5.34. The Balaban J connectivity index is 1.76. The van der Waals surface area contributed by atoms with E-state index >= 15 is 0 Å². The molecule has 1 aliphatic heterocycles. The van der Waals surface area contributed by atoms with Crippen molar-refractivity contribution < 1.29 is 9.31 Å². The van der Waals surface area contributed by atoms with E-state index in [1.807, 2.05) is 6.07 Å². The van der Waals surface area contributed by atoms with Gasteiger partial charge in [0.05, 0.1) is 11.2 Å². The van der Waals surface area contributed by atoms with Gasteiger partial charge in [-0.3, -0.25) is 0 Å². The van der Waals surface area contributed by atoms with Gasteiger partial charge in [0.1, 0.15) is 0 Å². The maximum Gasteiger partial charge on any atom is 0.461 e. The van der Waals surface area contributed by atoms with Crippen LogP contribution in [0.15, 0.2) is 40.9 Å². The van der Waals surface area contributed by atoms with E-state index in [4.69, 9.17) is 9.31 Å². The molecule has 0 atom stereocenters. The number of halogens is 1. The molecule has 0 bridgehead atoms. The topological polar surface area (TPSA) is 18.5 Å². The van der Waals surface area contributed by atoms with E-state index in [1.165, 1.54) is 10.0 Å². The normalized spacial score (nSPS) is 20.3. The second-order valence-electron chi connectivity index (χ2n) is 6.52. The van der Waals surface area contributed by atoms with Crippen molar-refractivity contribution in [1.82, 2.24) is 0 Å². The number of benzene rings is 1. The lowest BCUT2D eigenvalue weighted by Crippen LogP contribution is -2.41. The van der Waals surface area contributed by atoms with Crippen LogP contribution >= 0.6 is 15.9 Å². The van der Waals surface area contributed by atoms with Crippen LogP contribution in [0, 0.1) is 0 Å².